The molecule has 1 amide bonds. The van der Waals surface area contributed by atoms with E-state index < -0.39 is 0 Å². The molecule has 0 spiro atoms. The van der Waals surface area contributed by atoms with E-state index in [1.54, 1.807) is 0 Å². The van der Waals surface area contributed by atoms with Crippen molar-refractivity contribution in [3.8, 4) is 17.2 Å². The van der Waals surface area contributed by atoms with E-state index in [4.69, 9.17) is 9.47 Å². The van der Waals surface area contributed by atoms with Gasteiger partial charge in [-0.05, 0) is 51.1 Å². The highest BCUT2D eigenvalue weighted by molar-refractivity contribution is 5.97. The van der Waals surface area contributed by atoms with Crippen molar-refractivity contribution in [2.24, 2.45) is 0 Å². The Morgan fingerprint density at radius 1 is 1.04 bits per heavy atom. The van der Waals surface area contributed by atoms with Crippen LogP contribution in [0.2, 0.25) is 0 Å². The summed E-state index contributed by atoms with van der Waals surface area (Å²) in [7, 11) is 1.97. The van der Waals surface area contributed by atoms with Crippen LogP contribution in [-0.2, 0) is 0 Å². The number of carbonyl (C=O) groups excluding carboxylic acids is 1. The van der Waals surface area contributed by atoms with Crippen molar-refractivity contribution in [3.05, 3.63) is 54.1 Å². The van der Waals surface area contributed by atoms with Crippen LogP contribution in [0.3, 0.4) is 0 Å². The third-order valence-electron chi connectivity index (χ3n) is 4.68. The molecular weight excluding hydrogens is 328 g/mol. The van der Waals surface area contributed by atoms with E-state index in [-0.39, 0.29) is 5.91 Å². The largest absolute Gasteiger partial charge is 0.490 e. The van der Waals surface area contributed by atoms with Gasteiger partial charge in [0.2, 0.25) is 0 Å². The van der Waals surface area contributed by atoms with Crippen LogP contribution < -0.4 is 14.8 Å². The summed E-state index contributed by atoms with van der Waals surface area (Å²) in [5.74, 6) is 1.86. The van der Waals surface area contributed by atoms with E-state index in [0.717, 1.165) is 25.9 Å². The monoisotopic (exact) mass is 354 g/mol. The molecule has 2 aromatic carbocycles. The van der Waals surface area contributed by atoms with Crippen molar-refractivity contribution in [3.63, 3.8) is 0 Å². The predicted molar refractivity (Wildman–Crippen MR) is 102 cm³/mol. The molecule has 0 bridgehead atoms. The van der Waals surface area contributed by atoms with Gasteiger partial charge in [-0.3, -0.25) is 4.79 Å². The summed E-state index contributed by atoms with van der Waals surface area (Å²) in [6, 6.07) is 15.4. The molecular formula is C21H26N2O3. The average molecular weight is 354 g/mol. The van der Waals surface area contributed by atoms with Gasteiger partial charge in [-0.2, -0.15) is 0 Å². The van der Waals surface area contributed by atoms with Gasteiger partial charge in [-0.15, -0.1) is 0 Å². The van der Waals surface area contributed by atoms with E-state index in [1.165, 1.54) is 0 Å². The van der Waals surface area contributed by atoms with Gasteiger partial charge in [-0.1, -0.05) is 24.3 Å². The quantitative estimate of drug-likeness (QED) is 0.859. The maximum absolute atomic E-state index is 13.0. The number of piperidine rings is 1. The van der Waals surface area contributed by atoms with Gasteiger partial charge in [0, 0.05) is 19.1 Å². The van der Waals surface area contributed by atoms with Gasteiger partial charge >= 0.3 is 0 Å². The lowest BCUT2D eigenvalue weighted by atomic mass is 10.0. The second-order valence-electron chi connectivity index (χ2n) is 6.33. The molecule has 2 aromatic rings. The number of ether oxygens (including phenoxy) is 2. The smallest absolute Gasteiger partial charge is 0.257 e. The molecule has 1 aliphatic rings. The summed E-state index contributed by atoms with van der Waals surface area (Å²) in [6.45, 7) is 4.01. The number of rotatable bonds is 6. The first-order chi connectivity index (χ1) is 12.7. The summed E-state index contributed by atoms with van der Waals surface area (Å²) in [4.78, 5) is 14.9. The molecule has 0 saturated carbocycles. The van der Waals surface area contributed by atoms with Gasteiger partial charge in [0.25, 0.3) is 5.91 Å². The minimum atomic E-state index is 0.0176. The molecule has 0 atom stereocenters. The first-order valence-electron chi connectivity index (χ1n) is 9.18. The Morgan fingerprint density at radius 2 is 1.65 bits per heavy atom. The first-order valence-corrected chi connectivity index (χ1v) is 9.18. The Labute approximate surface area is 154 Å². The zero-order valence-electron chi connectivity index (χ0n) is 15.4. The highest BCUT2D eigenvalue weighted by Crippen LogP contribution is 2.33. The third kappa shape index (κ3) is 4.17. The fourth-order valence-corrected chi connectivity index (χ4v) is 3.20. The SMILES string of the molecule is CCOc1ccccc1Oc1ccccc1C(=O)N1CCC(NC)CC1. The molecule has 0 aromatic heterocycles. The molecule has 0 radical (unpaired) electrons. The Balaban J connectivity index is 1.79. The number of benzene rings is 2. The fourth-order valence-electron chi connectivity index (χ4n) is 3.20. The van der Waals surface area contributed by atoms with E-state index in [0.29, 0.717) is 35.5 Å². The van der Waals surface area contributed by atoms with Gasteiger partial charge in [0.15, 0.2) is 11.5 Å². The van der Waals surface area contributed by atoms with Crippen LogP contribution in [0.5, 0.6) is 17.2 Å². The van der Waals surface area contributed by atoms with Crippen LogP contribution in [0.1, 0.15) is 30.1 Å². The minimum Gasteiger partial charge on any atom is -0.490 e. The Morgan fingerprint density at radius 3 is 2.31 bits per heavy atom. The molecule has 138 valence electrons. The molecule has 5 nitrogen and oxygen atoms in total. The van der Waals surface area contributed by atoms with Crippen molar-refractivity contribution < 1.29 is 14.3 Å². The van der Waals surface area contributed by atoms with E-state index in [9.17, 15) is 4.79 Å². The average Bonchev–Trinajstić information content (AvgIpc) is 2.70. The van der Waals surface area contributed by atoms with Crippen LogP contribution in [-0.4, -0.2) is 43.6 Å². The highest BCUT2D eigenvalue weighted by atomic mass is 16.5. The molecule has 1 fully saturated rings. The van der Waals surface area contributed by atoms with Crippen LogP contribution in [0.25, 0.3) is 0 Å². The predicted octanol–water partition coefficient (Wildman–Crippen LogP) is 3.70. The van der Waals surface area contributed by atoms with E-state index in [2.05, 4.69) is 5.32 Å². The number of likely N-dealkylation sites (tertiary alicyclic amines) is 1. The third-order valence-corrected chi connectivity index (χ3v) is 4.68. The fraction of sp³-hybridized carbons (Fsp3) is 0.381. The zero-order valence-corrected chi connectivity index (χ0v) is 15.4. The number of nitrogens with one attached hydrogen (secondary N) is 1. The van der Waals surface area contributed by atoms with Crippen LogP contribution >= 0.6 is 0 Å². The van der Waals surface area contributed by atoms with Crippen molar-refractivity contribution in [1.82, 2.24) is 10.2 Å². The van der Waals surface area contributed by atoms with Crippen LogP contribution in [0, 0.1) is 0 Å². The van der Waals surface area contributed by atoms with Gasteiger partial charge in [0.05, 0.1) is 12.2 Å². The molecule has 1 saturated heterocycles. The van der Waals surface area contributed by atoms with Crippen molar-refractivity contribution in [2.75, 3.05) is 26.7 Å². The highest BCUT2D eigenvalue weighted by Gasteiger charge is 2.25. The Bertz CT molecular complexity index is 740. The van der Waals surface area contributed by atoms with Gasteiger partial charge in [0.1, 0.15) is 5.75 Å². The van der Waals surface area contributed by atoms with E-state index >= 15 is 0 Å². The number of para-hydroxylation sites is 3. The standard InChI is InChI=1S/C21H26N2O3/c1-3-25-19-10-6-7-11-20(19)26-18-9-5-4-8-17(18)21(24)23-14-12-16(22-2)13-15-23/h4-11,16,22H,3,12-15H2,1-2H3. The molecule has 1 N–H and O–H groups in total. The molecule has 1 aliphatic heterocycles. The zero-order chi connectivity index (χ0) is 18.4. The lowest BCUT2D eigenvalue weighted by Gasteiger charge is -2.32. The molecule has 26 heavy (non-hydrogen) atoms. The van der Waals surface area contributed by atoms with Crippen LogP contribution in [0.4, 0.5) is 0 Å². The first kappa shape index (κ1) is 18.3. The van der Waals surface area contributed by atoms with Crippen molar-refractivity contribution >= 4 is 5.91 Å². The van der Waals surface area contributed by atoms with E-state index in [1.807, 2.05) is 67.4 Å². The molecule has 0 aliphatic carbocycles. The summed E-state index contributed by atoms with van der Waals surface area (Å²) < 4.78 is 11.7. The second-order valence-corrected chi connectivity index (χ2v) is 6.33. The summed E-state index contributed by atoms with van der Waals surface area (Å²) in [5, 5.41) is 3.29. The number of amides is 1. The maximum atomic E-state index is 13.0. The van der Waals surface area contributed by atoms with Crippen molar-refractivity contribution in [1.29, 1.82) is 0 Å². The normalized spacial score (nSPS) is 14.9. The molecule has 3 rings (SSSR count). The maximum Gasteiger partial charge on any atom is 0.257 e. The number of carbonyl (C=O) groups is 1. The molecule has 5 heteroatoms. The lowest BCUT2D eigenvalue weighted by molar-refractivity contribution is 0.0704. The second kappa shape index (κ2) is 8.72. The van der Waals surface area contributed by atoms with Gasteiger partial charge < -0.3 is 19.7 Å². The summed E-state index contributed by atoms with van der Waals surface area (Å²) in [5.41, 5.74) is 0.585. The number of nitrogens with zero attached hydrogens (tertiary/aromatic N) is 1. The topological polar surface area (TPSA) is 50.8 Å². The van der Waals surface area contributed by atoms with Crippen LogP contribution in [0.15, 0.2) is 48.5 Å². The lowest BCUT2D eigenvalue weighted by Crippen LogP contribution is -2.44. The molecule has 1 heterocycles. The van der Waals surface area contributed by atoms with Gasteiger partial charge in [-0.25, -0.2) is 0 Å². The minimum absolute atomic E-state index is 0.0176. The number of hydrogen-bond acceptors (Lipinski definition) is 4. The summed E-state index contributed by atoms with van der Waals surface area (Å²) in [6.07, 6.45) is 1.94. The molecule has 0 unspecified atom stereocenters. The Kier molecular flexibility index (Phi) is 6.12. The summed E-state index contributed by atoms with van der Waals surface area (Å²) >= 11 is 0. The number of hydrogen-bond donors (Lipinski definition) is 1. The Hall–Kier alpha value is -2.53. The van der Waals surface area contributed by atoms with Crippen molar-refractivity contribution in [2.45, 2.75) is 25.8 Å².